The van der Waals surface area contributed by atoms with Crippen LogP contribution in [0.2, 0.25) is 0 Å². The minimum atomic E-state index is -0.656. The second-order valence-corrected chi connectivity index (χ2v) is 8.07. The summed E-state index contributed by atoms with van der Waals surface area (Å²) in [5, 5.41) is 11.2. The molecule has 0 aromatic heterocycles. The van der Waals surface area contributed by atoms with E-state index in [1.54, 1.807) is 23.1 Å². The Morgan fingerprint density at radius 3 is 2.42 bits per heavy atom. The van der Waals surface area contributed by atoms with E-state index in [2.05, 4.69) is 0 Å². The molecule has 3 rings (SSSR count). The lowest BCUT2D eigenvalue weighted by Crippen LogP contribution is -2.35. The molecule has 1 aliphatic rings. The number of benzene rings is 2. The average molecular weight is 423 g/mol. The summed E-state index contributed by atoms with van der Waals surface area (Å²) >= 11 is 0. The van der Waals surface area contributed by atoms with E-state index in [9.17, 15) is 14.7 Å². The van der Waals surface area contributed by atoms with E-state index in [0.717, 1.165) is 22.4 Å². The molecule has 164 valence electrons. The fourth-order valence-corrected chi connectivity index (χ4v) is 3.90. The van der Waals surface area contributed by atoms with Gasteiger partial charge in [0.15, 0.2) is 0 Å². The van der Waals surface area contributed by atoms with Crippen molar-refractivity contribution < 1.29 is 19.4 Å². The first-order valence-corrected chi connectivity index (χ1v) is 10.5. The molecule has 0 aliphatic carbocycles. The van der Waals surface area contributed by atoms with Gasteiger partial charge in [-0.15, -0.1) is 0 Å². The van der Waals surface area contributed by atoms with Gasteiger partial charge < -0.3 is 19.6 Å². The van der Waals surface area contributed by atoms with Crippen molar-refractivity contribution in [1.82, 2.24) is 9.80 Å². The highest BCUT2D eigenvalue weighted by Crippen LogP contribution is 2.40. The van der Waals surface area contributed by atoms with E-state index in [4.69, 9.17) is 4.74 Å². The Balaban J connectivity index is 2.15. The number of aliphatic hydroxyl groups is 1. The molecule has 1 aliphatic heterocycles. The Hall–Kier alpha value is -3.12. The molecule has 0 spiro atoms. The highest BCUT2D eigenvalue weighted by atomic mass is 16.5. The van der Waals surface area contributed by atoms with Gasteiger partial charge in [0.05, 0.1) is 18.2 Å². The summed E-state index contributed by atoms with van der Waals surface area (Å²) in [4.78, 5) is 29.6. The molecule has 1 N–H and O–H groups in total. The van der Waals surface area contributed by atoms with Crippen LogP contribution in [0, 0.1) is 13.8 Å². The number of ether oxygens (including phenoxy) is 1. The summed E-state index contributed by atoms with van der Waals surface area (Å²) in [6, 6.07) is 12.3. The lowest BCUT2D eigenvalue weighted by molar-refractivity contribution is -0.140. The van der Waals surface area contributed by atoms with Gasteiger partial charge >= 0.3 is 0 Å². The molecule has 1 heterocycles. The molecule has 1 amide bonds. The third kappa shape index (κ3) is 4.49. The number of likely N-dealkylation sites (tertiary alicyclic amines) is 1. The summed E-state index contributed by atoms with van der Waals surface area (Å²) in [5.41, 5.74) is 3.26. The second-order valence-electron chi connectivity index (χ2n) is 8.07. The number of Topliss-reactive ketones (excluding diaryl/α,β-unsaturated/α-hetero) is 1. The van der Waals surface area contributed by atoms with Crippen LogP contribution < -0.4 is 4.74 Å². The first kappa shape index (κ1) is 22.6. The molecule has 31 heavy (non-hydrogen) atoms. The molecule has 1 saturated heterocycles. The Kier molecular flexibility index (Phi) is 6.81. The maximum absolute atomic E-state index is 13.1. The molecule has 1 unspecified atom stereocenters. The van der Waals surface area contributed by atoms with Gasteiger partial charge in [-0.2, -0.15) is 0 Å². The number of likely N-dealkylation sites (N-methyl/N-ethyl adjacent to an activating group) is 1. The molecular weight excluding hydrogens is 392 g/mol. The molecule has 1 atom stereocenters. The number of hydrogen-bond acceptors (Lipinski definition) is 5. The molecule has 2 aromatic carbocycles. The zero-order chi connectivity index (χ0) is 22.7. The van der Waals surface area contributed by atoms with Crippen molar-refractivity contribution >= 4 is 17.4 Å². The summed E-state index contributed by atoms with van der Waals surface area (Å²) in [6.45, 7) is 7.27. The van der Waals surface area contributed by atoms with Crippen LogP contribution >= 0.6 is 0 Å². The number of hydrogen-bond donors (Lipinski definition) is 1. The van der Waals surface area contributed by atoms with Crippen LogP contribution in [-0.2, 0) is 9.59 Å². The lowest BCUT2D eigenvalue weighted by Gasteiger charge is -2.27. The van der Waals surface area contributed by atoms with Crippen LogP contribution in [0.1, 0.15) is 35.2 Å². The summed E-state index contributed by atoms with van der Waals surface area (Å²) < 4.78 is 5.58. The van der Waals surface area contributed by atoms with Crippen LogP contribution in [0.4, 0.5) is 0 Å². The van der Waals surface area contributed by atoms with E-state index in [1.807, 2.05) is 64.0 Å². The largest absolute Gasteiger partial charge is 0.507 e. The molecule has 0 radical (unpaired) electrons. The molecule has 0 saturated carbocycles. The smallest absolute Gasteiger partial charge is 0.295 e. The Morgan fingerprint density at radius 2 is 1.81 bits per heavy atom. The normalized spacial score (nSPS) is 18.1. The van der Waals surface area contributed by atoms with Crippen molar-refractivity contribution in [2.45, 2.75) is 26.8 Å². The highest BCUT2D eigenvalue weighted by molar-refractivity contribution is 6.46. The lowest BCUT2D eigenvalue weighted by atomic mass is 9.92. The second kappa shape index (κ2) is 9.35. The monoisotopic (exact) mass is 422 g/mol. The van der Waals surface area contributed by atoms with E-state index in [-0.39, 0.29) is 11.3 Å². The SMILES string of the molecule is CCOc1ccc(/C(O)=C2\C(=O)C(=O)N(CCN(C)C)C2c2ccccc2C)cc1C. The van der Waals surface area contributed by atoms with Crippen LogP contribution in [0.25, 0.3) is 5.76 Å². The molecule has 6 heteroatoms. The van der Waals surface area contributed by atoms with Crippen molar-refractivity contribution in [2.75, 3.05) is 33.8 Å². The predicted molar refractivity (Wildman–Crippen MR) is 121 cm³/mol. The van der Waals surface area contributed by atoms with Gasteiger partial charge in [-0.05, 0) is 69.8 Å². The first-order chi connectivity index (χ1) is 14.8. The molecule has 0 bridgehead atoms. The third-order valence-corrected chi connectivity index (χ3v) is 5.56. The van der Waals surface area contributed by atoms with Gasteiger partial charge in [-0.3, -0.25) is 9.59 Å². The van der Waals surface area contributed by atoms with Crippen LogP contribution in [0.5, 0.6) is 5.75 Å². The van der Waals surface area contributed by atoms with E-state index in [1.165, 1.54) is 0 Å². The van der Waals surface area contributed by atoms with Gasteiger partial charge in [0.25, 0.3) is 11.7 Å². The van der Waals surface area contributed by atoms with Gasteiger partial charge in [-0.25, -0.2) is 0 Å². The van der Waals surface area contributed by atoms with Crippen LogP contribution in [0.15, 0.2) is 48.0 Å². The van der Waals surface area contributed by atoms with Gasteiger partial charge in [0.2, 0.25) is 0 Å². The maximum Gasteiger partial charge on any atom is 0.295 e. The zero-order valence-electron chi connectivity index (χ0n) is 18.8. The van der Waals surface area contributed by atoms with Crippen molar-refractivity contribution in [1.29, 1.82) is 0 Å². The standard InChI is InChI=1S/C25H30N2O4/c1-6-31-20-12-11-18(15-17(20)3)23(28)21-22(19-10-8-7-9-16(19)2)27(14-13-26(4)5)25(30)24(21)29/h7-12,15,22,28H,6,13-14H2,1-5H3/b23-21+. The minimum absolute atomic E-state index is 0.126. The summed E-state index contributed by atoms with van der Waals surface area (Å²) in [7, 11) is 3.84. The maximum atomic E-state index is 13.1. The highest BCUT2D eigenvalue weighted by Gasteiger charge is 2.46. The predicted octanol–water partition coefficient (Wildman–Crippen LogP) is 3.69. The van der Waals surface area contributed by atoms with E-state index >= 15 is 0 Å². The Bertz CT molecular complexity index is 1030. The van der Waals surface area contributed by atoms with Crippen LogP contribution in [0.3, 0.4) is 0 Å². The molecule has 2 aromatic rings. The van der Waals surface area contributed by atoms with E-state index in [0.29, 0.717) is 25.3 Å². The summed E-state index contributed by atoms with van der Waals surface area (Å²) in [5.74, 6) is -0.679. The Labute approximate surface area is 183 Å². The van der Waals surface area contributed by atoms with Gasteiger partial charge in [0.1, 0.15) is 11.5 Å². The molecular formula is C25H30N2O4. The van der Waals surface area contributed by atoms with Crippen molar-refractivity contribution in [3.63, 3.8) is 0 Å². The van der Waals surface area contributed by atoms with E-state index < -0.39 is 17.7 Å². The molecule has 6 nitrogen and oxygen atoms in total. The fourth-order valence-electron chi connectivity index (χ4n) is 3.90. The fraction of sp³-hybridized carbons (Fsp3) is 0.360. The number of ketones is 1. The zero-order valence-corrected chi connectivity index (χ0v) is 18.8. The number of amides is 1. The number of rotatable bonds is 7. The van der Waals surface area contributed by atoms with Crippen LogP contribution in [-0.4, -0.2) is 60.4 Å². The molecule has 1 fully saturated rings. The first-order valence-electron chi connectivity index (χ1n) is 10.5. The quantitative estimate of drug-likeness (QED) is 0.419. The van der Waals surface area contributed by atoms with Gasteiger partial charge in [-0.1, -0.05) is 24.3 Å². The number of aryl methyl sites for hydroxylation is 2. The minimum Gasteiger partial charge on any atom is -0.507 e. The number of carbonyl (C=O) groups excluding carboxylic acids is 2. The third-order valence-electron chi connectivity index (χ3n) is 5.56. The Morgan fingerprint density at radius 1 is 1.10 bits per heavy atom. The topological polar surface area (TPSA) is 70.1 Å². The van der Waals surface area contributed by atoms with Crippen molar-refractivity contribution in [2.24, 2.45) is 0 Å². The number of nitrogens with zero attached hydrogens (tertiary/aromatic N) is 2. The van der Waals surface area contributed by atoms with Gasteiger partial charge in [0, 0.05) is 18.7 Å². The summed E-state index contributed by atoms with van der Waals surface area (Å²) in [6.07, 6.45) is 0. The van der Waals surface area contributed by atoms with Crippen molar-refractivity contribution in [3.05, 3.63) is 70.3 Å². The number of carbonyl (C=O) groups is 2. The number of aliphatic hydroxyl groups excluding tert-OH is 1. The average Bonchev–Trinajstić information content (AvgIpc) is 2.98. The van der Waals surface area contributed by atoms with Crippen molar-refractivity contribution in [3.8, 4) is 5.75 Å².